The maximum Gasteiger partial charge on any atom is 0.0366 e. The molecule has 0 saturated heterocycles. The molecule has 0 heterocycles. The highest BCUT2D eigenvalue weighted by atomic mass is 15.1. The molecule has 0 aliphatic heterocycles. The topological polar surface area (TPSA) is 3.24 Å². The van der Waals surface area contributed by atoms with Crippen LogP contribution in [0, 0.1) is 0 Å². The van der Waals surface area contributed by atoms with Gasteiger partial charge < -0.3 is 4.90 Å². The number of rotatable bonds is 8. The molecule has 0 unspecified atom stereocenters. The fraction of sp³-hybridized carbons (Fsp3) is 0.429. The monoisotopic (exact) mass is 295 g/mol. The molecule has 0 amide bonds. The molecule has 0 radical (unpaired) electrons. The highest BCUT2D eigenvalue weighted by molar-refractivity contribution is 5.66. The molecule has 0 aliphatic carbocycles. The average Bonchev–Trinajstić information content (AvgIpc) is 2.58. The molecule has 0 saturated carbocycles. The van der Waals surface area contributed by atoms with E-state index in [1.54, 1.807) is 0 Å². The van der Waals surface area contributed by atoms with Gasteiger partial charge in [-0.25, -0.2) is 0 Å². The van der Waals surface area contributed by atoms with Crippen LogP contribution in [0.1, 0.15) is 45.6 Å². The van der Waals surface area contributed by atoms with Crippen LogP contribution in [-0.4, -0.2) is 13.1 Å². The Morgan fingerprint density at radius 1 is 0.682 bits per heavy atom. The first-order valence-electron chi connectivity index (χ1n) is 8.72. The van der Waals surface area contributed by atoms with Crippen molar-refractivity contribution in [3.63, 3.8) is 0 Å². The summed E-state index contributed by atoms with van der Waals surface area (Å²) in [5.41, 5.74) is 5.38. The number of unbranched alkanes of at least 4 members (excludes halogenated alkanes) is 2. The summed E-state index contributed by atoms with van der Waals surface area (Å²) >= 11 is 0. The van der Waals surface area contributed by atoms with Crippen molar-refractivity contribution < 1.29 is 0 Å². The van der Waals surface area contributed by atoms with Crippen molar-refractivity contribution in [2.75, 3.05) is 18.0 Å². The lowest BCUT2D eigenvalue weighted by Crippen LogP contribution is -2.21. The summed E-state index contributed by atoms with van der Waals surface area (Å²) in [5.74, 6) is 0. The van der Waals surface area contributed by atoms with Crippen LogP contribution in [0.25, 0.3) is 11.1 Å². The van der Waals surface area contributed by atoms with Gasteiger partial charge in [0.1, 0.15) is 0 Å². The Bertz CT molecular complexity index is 535. The van der Waals surface area contributed by atoms with Crippen molar-refractivity contribution in [3.8, 4) is 11.1 Å². The number of anilines is 1. The van der Waals surface area contributed by atoms with Crippen molar-refractivity contribution in [3.05, 3.63) is 54.1 Å². The Morgan fingerprint density at radius 2 is 1.23 bits per heavy atom. The maximum absolute atomic E-state index is 2.38. The van der Waals surface area contributed by atoms with Gasteiger partial charge in [-0.2, -0.15) is 0 Å². The number of hydrogen-bond acceptors (Lipinski definition) is 1. The van der Waals surface area contributed by atoms with Gasteiger partial charge in [0.25, 0.3) is 0 Å². The predicted octanol–water partition coefficient (Wildman–Crippen LogP) is 5.93. The Labute approximate surface area is 136 Å². The van der Waals surface area contributed by atoms with Crippen molar-refractivity contribution >= 4 is 5.69 Å². The van der Waals surface area contributed by atoms with Crippen molar-refractivity contribution in [2.24, 2.45) is 0 Å². The van der Waals surface area contributed by atoms with Gasteiger partial charge in [-0.05, 0) is 55.5 Å². The number of hydrogen-bond donors (Lipinski definition) is 0. The Balaban J connectivity index is 2.05. The standard InChI is InChI=1S/C21H29N/c1-4-7-8-9-18-10-12-19(13-11-18)20-14-16-21(17-15-20)22(5-2)6-3/h10-17H,4-9H2,1-3H3. The van der Waals surface area contributed by atoms with Crippen LogP contribution in [0.4, 0.5) is 5.69 Å². The lowest BCUT2D eigenvalue weighted by molar-refractivity contribution is 0.717. The molecular formula is C21H29N. The lowest BCUT2D eigenvalue weighted by Gasteiger charge is -2.21. The van der Waals surface area contributed by atoms with Crippen LogP contribution in [-0.2, 0) is 6.42 Å². The highest BCUT2D eigenvalue weighted by Crippen LogP contribution is 2.24. The Morgan fingerprint density at radius 3 is 1.73 bits per heavy atom. The van der Waals surface area contributed by atoms with Gasteiger partial charge in [0.15, 0.2) is 0 Å². The molecule has 2 aromatic carbocycles. The van der Waals surface area contributed by atoms with Gasteiger partial charge in [-0.3, -0.25) is 0 Å². The number of nitrogens with zero attached hydrogens (tertiary/aromatic N) is 1. The van der Waals surface area contributed by atoms with Gasteiger partial charge in [0.05, 0.1) is 0 Å². The van der Waals surface area contributed by atoms with Gasteiger partial charge in [-0.1, -0.05) is 56.2 Å². The fourth-order valence-electron chi connectivity index (χ4n) is 2.90. The largest absolute Gasteiger partial charge is 0.372 e. The Kier molecular flexibility index (Phi) is 6.51. The summed E-state index contributed by atoms with van der Waals surface area (Å²) in [4.78, 5) is 2.38. The summed E-state index contributed by atoms with van der Waals surface area (Å²) in [5, 5.41) is 0. The summed E-state index contributed by atoms with van der Waals surface area (Å²) in [7, 11) is 0. The van der Waals surface area contributed by atoms with Crippen LogP contribution in [0.15, 0.2) is 48.5 Å². The van der Waals surface area contributed by atoms with Gasteiger partial charge in [0.2, 0.25) is 0 Å². The van der Waals surface area contributed by atoms with Crippen molar-refractivity contribution in [2.45, 2.75) is 46.5 Å². The van der Waals surface area contributed by atoms with E-state index >= 15 is 0 Å². The summed E-state index contributed by atoms with van der Waals surface area (Å²) in [6, 6.07) is 18.0. The summed E-state index contributed by atoms with van der Waals surface area (Å²) in [6.45, 7) is 8.78. The Hall–Kier alpha value is -1.76. The molecule has 1 nitrogen and oxygen atoms in total. The van der Waals surface area contributed by atoms with Gasteiger partial charge >= 0.3 is 0 Å². The molecule has 118 valence electrons. The molecule has 2 aromatic rings. The van der Waals surface area contributed by atoms with Crippen molar-refractivity contribution in [1.29, 1.82) is 0 Å². The van der Waals surface area contributed by atoms with Crippen LogP contribution in [0.5, 0.6) is 0 Å². The van der Waals surface area contributed by atoms with E-state index < -0.39 is 0 Å². The third-order valence-corrected chi connectivity index (χ3v) is 4.35. The van der Waals surface area contributed by atoms with E-state index in [1.165, 1.54) is 48.1 Å². The van der Waals surface area contributed by atoms with Gasteiger partial charge in [0, 0.05) is 18.8 Å². The fourth-order valence-corrected chi connectivity index (χ4v) is 2.90. The molecule has 2 rings (SSSR count). The highest BCUT2D eigenvalue weighted by Gasteiger charge is 2.03. The summed E-state index contributed by atoms with van der Waals surface area (Å²) in [6.07, 6.45) is 5.12. The molecule has 0 spiro atoms. The smallest absolute Gasteiger partial charge is 0.0366 e. The first-order chi connectivity index (χ1) is 10.8. The molecule has 1 heteroatoms. The quantitative estimate of drug-likeness (QED) is 0.545. The van der Waals surface area contributed by atoms with Crippen LogP contribution in [0.2, 0.25) is 0 Å². The van der Waals surface area contributed by atoms with E-state index in [2.05, 4.69) is 74.2 Å². The zero-order valence-electron chi connectivity index (χ0n) is 14.3. The predicted molar refractivity (Wildman–Crippen MR) is 98.7 cm³/mol. The molecule has 0 bridgehead atoms. The first-order valence-corrected chi connectivity index (χ1v) is 8.72. The molecule has 22 heavy (non-hydrogen) atoms. The van der Waals surface area contributed by atoms with Crippen LogP contribution in [0.3, 0.4) is 0 Å². The third kappa shape index (κ3) is 4.37. The van der Waals surface area contributed by atoms with E-state index in [-0.39, 0.29) is 0 Å². The molecular weight excluding hydrogens is 266 g/mol. The van der Waals surface area contributed by atoms with Crippen LogP contribution < -0.4 is 4.90 Å². The molecule has 0 aromatic heterocycles. The second kappa shape index (κ2) is 8.63. The van der Waals surface area contributed by atoms with E-state index in [9.17, 15) is 0 Å². The zero-order valence-corrected chi connectivity index (χ0v) is 14.3. The minimum absolute atomic E-state index is 1.06. The zero-order chi connectivity index (χ0) is 15.8. The molecule has 0 aliphatic rings. The first kappa shape index (κ1) is 16.6. The van der Waals surface area contributed by atoms with Crippen LogP contribution >= 0.6 is 0 Å². The molecule has 0 atom stereocenters. The average molecular weight is 295 g/mol. The minimum atomic E-state index is 1.06. The summed E-state index contributed by atoms with van der Waals surface area (Å²) < 4.78 is 0. The second-order valence-electron chi connectivity index (χ2n) is 5.87. The maximum atomic E-state index is 2.38. The lowest BCUT2D eigenvalue weighted by atomic mass is 10.0. The normalized spacial score (nSPS) is 10.7. The van der Waals surface area contributed by atoms with E-state index in [4.69, 9.17) is 0 Å². The number of benzene rings is 2. The molecule has 0 fully saturated rings. The SMILES string of the molecule is CCCCCc1ccc(-c2ccc(N(CC)CC)cc2)cc1. The van der Waals surface area contributed by atoms with E-state index in [0.29, 0.717) is 0 Å². The van der Waals surface area contributed by atoms with E-state index in [1.807, 2.05) is 0 Å². The van der Waals surface area contributed by atoms with Crippen molar-refractivity contribution in [1.82, 2.24) is 0 Å². The van der Waals surface area contributed by atoms with Gasteiger partial charge in [-0.15, -0.1) is 0 Å². The second-order valence-corrected chi connectivity index (χ2v) is 5.87. The van der Waals surface area contributed by atoms with E-state index in [0.717, 1.165) is 13.1 Å². The third-order valence-electron chi connectivity index (χ3n) is 4.35. The minimum Gasteiger partial charge on any atom is -0.372 e. The molecule has 0 N–H and O–H groups in total. The number of aryl methyl sites for hydroxylation is 1.